The Labute approximate surface area is 196 Å². The molecule has 2 heterocycles. The predicted octanol–water partition coefficient (Wildman–Crippen LogP) is 2.23. The lowest BCUT2D eigenvalue weighted by atomic mass is 10.2. The number of hydrogen-bond acceptors (Lipinski definition) is 8. The van der Waals surface area contributed by atoms with E-state index < -0.39 is 45.6 Å². The molecule has 3 aliphatic rings. The van der Waals surface area contributed by atoms with Crippen LogP contribution in [0.2, 0.25) is 0 Å². The van der Waals surface area contributed by atoms with Crippen LogP contribution in [0.1, 0.15) is 20.8 Å². The summed E-state index contributed by atoms with van der Waals surface area (Å²) in [5.74, 6) is -1.54. The van der Waals surface area contributed by atoms with E-state index in [0.717, 1.165) is 23.3 Å². The highest BCUT2D eigenvalue weighted by molar-refractivity contribution is 7.85. The fraction of sp³-hybridized carbons (Fsp3) is 0.619. The topological polar surface area (TPSA) is 114 Å². The molecule has 13 heteroatoms. The van der Waals surface area contributed by atoms with Crippen molar-refractivity contribution >= 4 is 33.7 Å². The lowest BCUT2D eigenvalue weighted by Gasteiger charge is -2.25. The van der Waals surface area contributed by atoms with Gasteiger partial charge < -0.3 is 19.7 Å². The van der Waals surface area contributed by atoms with Gasteiger partial charge in [0.1, 0.15) is 24.0 Å². The van der Waals surface area contributed by atoms with Gasteiger partial charge in [0.05, 0.1) is 18.5 Å². The minimum Gasteiger partial charge on any atom is -0.444 e. The Hall–Kier alpha value is -2.67. The third kappa shape index (κ3) is 5.35. The first-order valence-corrected chi connectivity index (χ1v) is 12.6. The summed E-state index contributed by atoms with van der Waals surface area (Å²) in [6.45, 7) is 5.54. The molecule has 2 aliphatic heterocycles. The fourth-order valence-electron chi connectivity index (χ4n) is 4.40. The minimum atomic E-state index is -3.73. The van der Waals surface area contributed by atoms with Crippen molar-refractivity contribution in [1.82, 2.24) is 5.32 Å². The Morgan fingerprint density at radius 2 is 1.76 bits per heavy atom. The van der Waals surface area contributed by atoms with Crippen LogP contribution in [-0.2, 0) is 23.8 Å². The maximum atomic E-state index is 14.9. The predicted molar refractivity (Wildman–Crippen MR) is 117 cm³/mol. The molecule has 4 rings (SSSR count). The van der Waals surface area contributed by atoms with Crippen molar-refractivity contribution in [1.29, 1.82) is 0 Å². The van der Waals surface area contributed by atoms with Gasteiger partial charge in [-0.15, -0.1) is 0 Å². The Bertz CT molecular complexity index is 1070. The van der Waals surface area contributed by atoms with E-state index in [2.05, 4.69) is 9.50 Å². The number of halogens is 2. The molecule has 0 bridgehead atoms. The zero-order valence-corrected chi connectivity index (χ0v) is 20.0. The Kier molecular flexibility index (Phi) is 6.13. The number of carbonyl (C=O) groups is 2. The van der Waals surface area contributed by atoms with Gasteiger partial charge in [0.2, 0.25) is 0 Å². The van der Waals surface area contributed by atoms with Gasteiger partial charge in [-0.25, -0.2) is 18.4 Å². The van der Waals surface area contributed by atoms with Crippen molar-refractivity contribution in [3.8, 4) is 0 Å². The van der Waals surface area contributed by atoms with Gasteiger partial charge in [-0.3, -0.25) is 9.08 Å². The van der Waals surface area contributed by atoms with E-state index in [0.29, 0.717) is 13.1 Å². The highest BCUT2D eigenvalue weighted by Crippen LogP contribution is 2.48. The highest BCUT2D eigenvalue weighted by atomic mass is 32.2. The van der Waals surface area contributed by atoms with Crippen molar-refractivity contribution in [2.45, 2.75) is 38.5 Å². The zero-order chi connectivity index (χ0) is 25.0. The smallest absolute Gasteiger partial charge is 0.414 e. The van der Waals surface area contributed by atoms with Crippen LogP contribution >= 0.6 is 0 Å². The van der Waals surface area contributed by atoms with Crippen molar-refractivity contribution in [2.75, 3.05) is 42.3 Å². The number of hydrogen-bond donors (Lipinski definition) is 1. The van der Waals surface area contributed by atoms with Gasteiger partial charge in [-0.1, -0.05) is 0 Å². The van der Waals surface area contributed by atoms with Crippen LogP contribution in [0.5, 0.6) is 0 Å². The normalized spacial score (nSPS) is 26.4. The molecular formula is C21H27F2N3O7S. The molecule has 0 spiro atoms. The van der Waals surface area contributed by atoms with E-state index >= 15 is 0 Å². The molecule has 1 N–H and O–H groups in total. The highest BCUT2D eigenvalue weighted by Gasteiger charge is 2.57. The number of nitrogens with zero attached hydrogens (tertiary/aromatic N) is 2. The van der Waals surface area contributed by atoms with Crippen LogP contribution < -0.4 is 15.1 Å². The van der Waals surface area contributed by atoms with Crippen LogP contribution in [0.4, 0.5) is 29.7 Å². The molecule has 3 atom stereocenters. The lowest BCUT2D eigenvalue weighted by Crippen LogP contribution is -2.38. The molecule has 3 fully saturated rings. The summed E-state index contributed by atoms with van der Waals surface area (Å²) >= 11 is 0. The van der Waals surface area contributed by atoms with Crippen LogP contribution in [0.25, 0.3) is 0 Å². The summed E-state index contributed by atoms with van der Waals surface area (Å²) in [6.07, 6.45) is -1.40. The summed E-state index contributed by atoms with van der Waals surface area (Å²) < 4.78 is 67.0. The first kappa shape index (κ1) is 24.5. The average Bonchev–Trinajstić information content (AvgIpc) is 3.02. The van der Waals surface area contributed by atoms with Crippen molar-refractivity contribution in [3.63, 3.8) is 0 Å². The number of alkyl carbamates (subject to hydrolysis) is 1. The molecule has 0 radical (unpaired) electrons. The minimum absolute atomic E-state index is 0.0422. The molecule has 3 unspecified atom stereocenters. The number of amides is 2. The molecule has 1 saturated carbocycles. The van der Waals surface area contributed by atoms with Gasteiger partial charge in [0.25, 0.3) is 10.1 Å². The number of carbonyl (C=O) groups excluding carboxylic acids is 2. The second kappa shape index (κ2) is 8.52. The molecular weight excluding hydrogens is 476 g/mol. The van der Waals surface area contributed by atoms with E-state index in [9.17, 15) is 26.8 Å². The Morgan fingerprint density at radius 3 is 2.29 bits per heavy atom. The number of benzene rings is 1. The molecule has 1 aromatic rings. The first-order valence-electron chi connectivity index (χ1n) is 10.8. The second-order valence-corrected chi connectivity index (χ2v) is 11.4. The van der Waals surface area contributed by atoms with E-state index in [4.69, 9.17) is 9.47 Å². The van der Waals surface area contributed by atoms with Gasteiger partial charge in [0.15, 0.2) is 11.6 Å². The maximum absolute atomic E-state index is 14.9. The number of anilines is 2. The molecule has 1 aromatic carbocycles. The summed E-state index contributed by atoms with van der Waals surface area (Å²) in [6, 6.07) is 1.99. The van der Waals surface area contributed by atoms with E-state index in [-0.39, 0.29) is 42.4 Å². The SMILES string of the molecule is CC(C)(C)OC(=O)NC1C2CN(c3c(F)cc(N4CC(COS(C)(=O)=O)OC4=O)cc3F)CC21. The van der Waals surface area contributed by atoms with Crippen LogP contribution in [-0.4, -0.2) is 70.8 Å². The van der Waals surface area contributed by atoms with Crippen molar-refractivity contribution in [3.05, 3.63) is 23.8 Å². The van der Waals surface area contributed by atoms with E-state index in [1.165, 1.54) is 0 Å². The van der Waals surface area contributed by atoms with Gasteiger partial charge in [0, 0.05) is 43.1 Å². The number of nitrogens with one attached hydrogen (secondary N) is 1. The third-order valence-electron chi connectivity index (χ3n) is 5.85. The second-order valence-electron chi connectivity index (χ2n) is 9.77. The summed E-state index contributed by atoms with van der Waals surface area (Å²) in [5, 5.41) is 2.81. The van der Waals surface area contributed by atoms with Crippen molar-refractivity contribution < 1.29 is 40.4 Å². The molecule has 1 aliphatic carbocycles. The Morgan fingerprint density at radius 1 is 1.18 bits per heavy atom. The number of rotatable bonds is 6. The van der Waals surface area contributed by atoms with Crippen LogP contribution in [0.3, 0.4) is 0 Å². The standard InChI is InChI=1S/C21H27F2N3O7S/c1-21(2,3)33-19(27)24-17-13-8-25(9-14(13)17)18-15(22)5-11(6-16(18)23)26-7-12(32-20(26)28)10-31-34(4,29)30/h5-6,12-14,17H,7-10H2,1-4H3,(H,24,27). The average molecular weight is 504 g/mol. The van der Waals surface area contributed by atoms with Crippen LogP contribution in [0.15, 0.2) is 12.1 Å². The molecule has 34 heavy (non-hydrogen) atoms. The molecule has 2 amide bonds. The molecule has 0 aromatic heterocycles. The van der Waals surface area contributed by atoms with Gasteiger partial charge in [-0.05, 0) is 20.8 Å². The lowest BCUT2D eigenvalue weighted by molar-refractivity contribution is 0.0518. The molecule has 2 saturated heterocycles. The molecule has 10 nitrogen and oxygen atoms in total. The van der Waals surface area contributed by atoms with E-state index in [1.807, 2.05) is 0 Å². The monoisotopic (exact) mass is 503 g/mol. The third-order valence-corrected chi connectivity index (χ3v) is 6.41. The summed E-state index contributed by atoms with van der Waals surface area (Å²) in [5.41, 5.74) is -0.854. The number of cyclic esters (lactones) is 1. The van der Waals surface area contributed by atoms with Crippen LogP contribution in [0, 0.1) is 23.5 Å². The quantitative estimate of drug-likeness (QED) is 0.588. The largest absolute Gasteiger partial charge is 0.444 e. The fourth-order valence-corrected chi connectivity index (χ4v) is 4.79. The summed E-state index contributed by atoms with van der Waals surface area (Å²) in [7, 11) is -3.73. The van der Waals surface area contributed by atoms with Gasteiger partial charge >= 0.3 is 12.2 Å². The zero-order valence-electron chi connectivity index (χ0n) is 19.2. The van der Waals surface area contributed by atoms with Gasteiger partial charge in [-0.2, -0.15) is 8.42 Å². The summed E-state index contributed by atoms with van der Waals surface area (Å²) in [4.78, 5) is 26.7. The first-order chi connectivity index (χ1) is 15.7. The maximum Gasteiger partial charge on any atom is 0.414 e. The number of fused-ring (bicyclic) bond motifs is 1. The Balaban J connectivity index is 1.37. The number of piperidine rings is 1. The number of ether oxygens (including phenoxy) is 2. The molecule has 188 valence electrons. The van der Waals surface area contributed by atoms with Crippen molar-refractivity contribution in [2.24, 2.45) is 11.8 Å². The van der Waals surface area contributed by atoms with E-state index in [1.54, 1.807) is 25.7 Å².